The molecule has 96 valence electrons. The van der Waals surface area contributed by atoms with Gasteiger partial charge in [-0.1, -0.05) is 0 Å². The number of carbonyl (C=O) groups is 1. The third-order valence-electron chi connectivity index (χ3n) is 2.33. The van der Waals surface area contributed by atoms with E-state index in [4.69, 9.17) is 6.57 Å². The van der Waals surface area contributed by atoms with E-state index in [2.05, 4.69) is 4.85 Å². The van der Waals surface area contributed by atoms with Crippen LogP contribution in [0.15, 0.2) is 11.9 Å². The Morgan fingerprint density at radius 2 is 2.12 bits per heavy atom. The van der Waals surface area contributed by atoms with Gasteiger partial charge in [-0.25, -0.2) is 11.0 Å². The topological polar surface area (TPSA) is 27.9 Å². The molecule has 0 aliphatic heterocycles. The lowest BCUT2D eigenvalue weighted by molar-refractivity contribution is -0.130. The number of hydrogen-bond donors (Lipinski definition) is 0. The number of rotatable bonds is 6. The molecule has 17 heavy (non-hydrogen) atoms. The fourth-order valence-electron chi connectivity index (χ4n) is 1.37. The maximum absolute atomic E-state index is 13.6. The summed E-state index contributed by atoms with van der Waals surface area (Å²) in [5.74, 6) is -1.39. The molecule has 0 bridgehead atoms. The third-order valence-corrected chi connectivity index (χ3v) is 2.33. The maximum atomic E-state index is 13.6. The van der Waals surface area contributed by atoms with Crippen molar-refractivity contribution in [2.75, 3.05) is 33.7 Å². The molecule has 0 aromatic rings. The van der Waals surface area contributed by atoms with Crippen LogP contribution in [0.5, 0.6) is 0 Å². The minimum atomic E-state index is -0.752. The van der Waals surface area contributed by atoms with Crippen LogP contribution in [0, 0.1) is 6.57 Å². The fourth-order valence-corrected chi connectivity index (χ4v) is 1.37. The van der Waals surface area contributed by atoms with Gasteiger partial charge >= 0.3 is 0 Å². The molecule has 5 heteroatoms. The Bertz CT molecular complexity index is 320. The number of halogens is 1. The van der Waals surface area contributed by atoms with Crippen LogP contribution >= 0.6 is 0 Å². The van der Waals surface area contributed by atoms with Crippen LogP contribution in [-0.2, 0) is 4.79 Å². The summed E-state index contributed by atoms with van der Waals surface area (Å²) in [5, 5.41) is 0. The second-order valence-electron chi connectivity index (χ2n) is 4.10. The normalized spacial score (nSPS) is 13.4. The second kappa shape index (κ2) is 7.80. The van der Waals surface area contributed by atoms with E-state index in [0.29, 0.717) is 13.1 Å². The molecular formula is C12H20FN3O. The first-order valence-electron chi connectivity index (χ1n) is 5.58. The van der Waals surface area contributed by atoms with E-state index < -0.39 is 11.7 Å². The van der Waals surface area contributed by atoms with Gasteiger partial charge in [-0.3, -0.25) is 4.79 Å². The van der Waals surface area contributed by atoms with Gasteiger partial charge in [-0.05, 0) is 34.0 Å². The Labute approximate surface area is 103 Å². The highest BCUT2D eigenvalue weighted by Gasteiger charge is 2.23. The molecule has 0 rings (SSSR count). The van der Waals surface area contributed by atoms with Crippen molar-refractivity contribution in [3.63, 3.8) is 0 Å². The highest BCUT2D eigenvalue weighted by atomic mass is 19.1. The zero-order valence-electron chi connectivity index (χ0n) is 10.9. The van der Waals surface area contributed by atoms with E-state index >= 15 is 0 Å². The molecule has 0 radical (unpaired) electrons. The molecule has 0 aromatic carbocycles. The van der Waals surface area contributed by atoms with Crippen LogP contribution in [0.3, 0.4) is 0 Å². The van der Waals surface area contributed by atoms with Crippen molar-refractivity contribution in [3.8, 4) is 0 Å². The number of likely N-dealkylation sites (N-methyl/N-ethyl adjacent to an activating group) is 2. The van der Waals surface area contributed by atoms with Crippen molar-refractivity contribution in [2.45, 2.75) is 19.9 Å². The second-order valence-corrected chi connectivity index (χ2v) is 4.10. The van der Waals surface area contributed by atoms with Crippen molar-refractivity contribution >= 4 is 5.91 Å². The van der Waals surface area contributed by atoms with E-state index in [1.54, 1.807) is 32.8 Å². The van der Waals surface area contributed by atoms with Crippen molar-refractivity contribution in [1.82, 2.24) is 9.80 Å². The van der Waals surface area contributed by atoms with Gasteiger partial charge < -0.3 is 14.6 Å². The summed E-state index contributed by atoms with van der Waals surface area (Å²) < 4.78 is 13.6. The number of nitrogens with zero attached hydrogens (tertiary/aromatic N) is 3. The first-order chi connectivity index (χ1) is 7.93. The van der Waals surface area contributed by atoms with Crippen LogP contribution in [-0.4, -0.2) is 55.5 Å². The van der Waals surface area contributed by atoms with Crippen LogP contribution in [0.4, 0.5) is 4.39 Å². The summed E-state index contributed by atoms with van der Waals surface area (Å²) in [6.07, 6.45) is 1.26. The van der Waals surface area contributed by atoms with Gasteiger partial charge in [0.15, 0.2) is 5.83 Å². The predicted octanol–water partition coefficient (Wildman–Crippen LogP) is 1.56. The average Bonchev–Trinajstić information content (AvgIpc) is 2.26. The summed E-state index contributed by atoms with van der Waals surface area (Å²) in [4.78, 5) is 18.1. The van der Waals surface area contributed by atoms with Crippen LogP contribution in [0.1, 0.15) is 13.8 Å². The largest absolute Gasteiger partial charge is 0.327 e. The molecule has 0 aliphatic carbocycles. The van der Waals surface area contributed by atoms with E-state index in [9.17, 15) is 9.18 Å². The summed E-state index contributed by atoms with van der Waals surface area (Å²) in [5.41, 5.74) is 0. The minimum absolute atomic E-state index is 0.195. The van der Waals surface area contributed by atoms with Crippen LogP contribution in [0.25, 0.3) is 4.85 Å². The molecular weight excluding hydrogens is 221 g/mol. The lowest BCUT2D eigenvalue weighted by atomic mass is 10.2. The van der Waals surface area contributed by atoms with Gasteiger partial charge in [-0.2, -0.15) is 0 Å². The molecule has 4 nitrogen and oxygen atoms in total. The number of amides is 1. The summed E-state index contributed by atoms with van der Waals surface area (Å²) in [6, 6.07) is -0.261. The Kier molecular flexibility index (Phi) is 7.15. The standard InChI is InChI=1S/C12H20FN3O/c1-6-16(10(2)9-14-3)12(17)11(13)7-8-15(4)5/h7,10H,6,8-9H2,1-2,4-5H3/b11-7+/t10-/m1/s1. The zero-order valence-corrected chi connectivity index (χ0v) is 10.9. The van der Waals surface area contributed by atoms with E-state index in [0.717, 1.165) is 0 Å². The Balaban J connectivity index is 4.64. The predicted molar refractivity (Wildman–Crippen MR) is 66.1 cm³/mol. The highest BCUT2D eigenvalue weighted by Crippen LogP contribution is 2.08. The SMILES string of the molecule is [C-]#[N+]C[C@@H](C)N(CC)C(=O)/C(F)=C\CN(C)C. The molecule has 0 spiro atoms. The van der Waals surface area contributed by atoms with Crippen molar-refractivity contribution in [3.05, 3.63) is 23.3 Å². The average molecular weight is 241 g/mol. The molecule has 1 amide bonds. The van der Waals surface area contributed by atoms with Gasteiger partial charge in [0.2, 0.25) is 6.54 Å². The number of carbonyl (C=O) groups excluding carboxylic acids is 1. The van der Waals surface area contributed by atoms with E-state index in [1.165, 1.54) is 11.0 Å². The third kappa shape index (κ3) is 5.45. The first-order valence-corrected chi connectivity index (χ1v) is 5.58. The molecule has 0 fully saturated rings. The van der Waals surface area contributed by atoms with Crippen LogP contribution in [0.2, 0.25) is 0 Å². The zero-order chi connectivity index (χ0) is 13.4. The molecule has 0 unspecified atom stereocenters. The Morgan fingerprint density at radius 1 is 1.53 bits per heavy atom. The molecule has 0 saturated carbocycles. The molecule has 0 N–H and O–H groups in total. The first kappa shape index (κ1) is 15.6. The molecule has 1 atom stereocenters. The van der Waals surface area contributed by atoms with Gasteiger partial charge in [0, 0.05) is 13.1 Å². The number of hydrogen-bond acceptors (Lipinski definition) is 2. The highest BCUT2D eigenvalue weighted by molar-refractivity contribution is 5.91. The lowest BCUT2D eigenvalue weighted by Gasteiger charge is -2.23. The Morgan fingerprint density at radius 3 is 2.53 bits per heavy atom. The van der Waals surface area contributed by atoms with Gasteiger partial charge in [-0.15, -0.1) is 0 Å². The minimum Gasteiger partial charge on any atom is -0.327 e. The summed E-state index contributed by atoms with van der Waals surface area (Å²) >= 11 is 0. The van der Waals surface area contributed by atoms with Crippen molar-refractivity contribution in [1.29, 1.82) is 0 Å². The summed E-state index contributed by atoms with van der Waals surface area (Å²) in [7, 11) is 3.60. The molecule has 0 saturated heterocycles. The van der Waals surface area contributed by atoms with Crippen LogP contribution < -0.4 is 0 Å². The maximum Gasteiger partial charge on any atom is 0.282 e. The monoisotopic (exact) mass is 241 g/mol. The molecule has 0 aromatic heterocycles. The molecule has 0 heterocycles. The van der Waals surface area contributed by atoms with Gasteiger partial charge in [0.25, 0.3) is 5.91 Å². The lowest BCUT2D eigenvalue weighted by Crippen LogP contribution is -2.40. The van der Waals surface area contributed by atoms with E-state index in [-0.39, 0.29) is 12.6 Å². The van der Waals surface area contributed by atoms with Gasteiger partial charge in [0.1, 0.15) is 6.04 Å². The molecule has 0 aliphatic rings. The quantitative estimate of drug-likeness (QED) is 0.521. The smallest absolute Gasteiger partial charge is 0.282 e. The Hall–Kier alpha value is -1.41. The van der Waals surface area contributed by atoms with Gasteiger partial charge in [0.05, 0.1) is 0 Å². The van der Waals surface area contributed by atoms with Crippen molar-refractivity contribution < 1.29 is 9.18 Å². The van der Waals surface area contributed by atoms with Crippen molar-refractivity contribution in [2.24, 2.45) is 0 Å². The fraction of sp³-hybridized carbons (Fsp3) is 0.667. The summed E-state index contributed by atoms with van der Waals surface area (Å²) in [6.45, 7) is 11.3. The van der Waals surface area contributed by atoms with E-state index in [1.807, 2.05) is 0 Å².